The summed E-state index contributed by atoms with van der Waals surface area (Å²) in [6.07, 6.45) is 0. The van der Waals surface area contributed by atoms with Gasteiger partial charge in [0.1, 0.15) is 24.5 Å². The maximum Gasteiger partial charge on any atom is 0.342 e. The molecule has 6 rings (SSSR count). The first kappa shape index (κ1) is 37.5. The standard InChI is InChI=1S/C44H41N3O6S/c1-32-13-24-40(25-14-32)54(50,51)46(2)29-43(48)47(28-33-15-17-36(18-16-33)37-19-21-38(45)22-20-37)39-23-26-41(44(49)53-31-35-11-7-4-8-12-35)42(27-39)52-30-34-9-5-3-6-10-34/h3-27H,28-31,45H2,1-2H3. The number of ether oxygens (including phenoxy) is 2. The summed E-state index contributed by atoms with van der Waals surface area (Å²) < 4.78 is 40.0. The molecule has 9 nitrogen and oxygen atoms in total. The number of anilines is 2. The highest BCUT2D eigenvalue weighted by atomic mass is 32.2. The van der Waals surface area contributed by atoms with E-state index in [0.29, 0.717) is 11.4 Å². The average molecular weight is 740 g/mol. The fourth-order valence-corrected chi connectivity index (χ4v) is 6.86. The third-order valence-corrected chi connectivity index (χ3v) is 10.7. The summed E-state index contributed by atoms with van der Waals surface area (Å²) in [5.74, 6) is -0.857. The number of nitrogens with two attached hydrogens (primary N) is 1. The molecule has 2 N–H and O–H groups in total. The van der Waals surface area contributed by atoms with Crippen LogP contribution in [0.25, 0.3) is 11.1 Å². The molecule has 54 heavy (non-hydrogen) atoms. The van der Waals surface area contributed by atoms with Crippen LogP contribution in [0, 0.1) is 6.92 Å². The molecule has 0 radical (unpaired) electrons. The number of sulfonamides is 1. The predicted molar refractivity (Wildman–Crippen MR) is 211 cm³/mol. The van der Waals surface area contributed by atoms with Gasteiger partial charge in [-0.25, -0.2) is 13.2 Å². The number of nitrogen functional groups attached to an aromatic ring is 1. The minimum absolute atomic E-state index is 0.0678. The molecule has 0 aliphatic heterocycles. The Bertz CT molecular complexity index is 2300. The molecular weight excluding hydrogens is 699 g/mol. The van der Waals surface area contributed by atoms with Crippen molar-refractivity contribution in [3.8, 4) is 16.9 Å². The number of rotatable bonds is 14. The van der Waals surface area contributed by atoms with Gasteiger partial charge in [-0.15, -0.1) is 0 Å². The molecule has 0 bridgehead atoms. The molecule has 1 amide bonds. The smallest absolute Gasteiger partial charge is 0.342 e. The van der Waals surface area contributed by atoms with Crippen molar-refractivity contribution in [2.45, 2.75) is 31.6 Å². The largest absolute Gasteiger partial charge is 0.488 e. The quantitative estimate of drug-likeness (QED) is 0.0888. The molecule has 0 fully saturated rings. The predicted octanol–water partition coefficient (Wildman–Crippen LogP) is 8.03. The highest BCUT2D eigenvalue weighted by Crippen LogP contribution is 2.30. The number of hydrogen-bond acceptors (Lipinski definition) is 7. The third-order valence-electron chi connectivity index (χ3n) is 8.87. The van der Waals surface area contributed by atoms with Crippen molar-refractivity contribution in [3.05, 3.63) is 179 Å². The summed E-state index contributed by atoms with van der Waals surface area (Å²) in [6.45, 7) is 1.76. The Morgan fingerprint density at radius 2 is 1.24 bits per heavy atom. The Labute approximate surface area is 316 Å². The maximum absolute atomic E-state index is 14.3. The van der Waals surface area contributed by atoms with Crippen molar-refractivity contribution in [3.63, 3.8) is 0 Å². The molecule has 0 heterocycles. The monoisotopic (exact) mass is 739 g/mol. The summed E-state index contributed by atoms with van der Waals surface area (Å²) in [7, 11) is -2.60. The first-order chi connectivity index (χ1) is 26.1. The second-order valence-corrected chi connectivity index (χ2v) is 14.9. The Balaban J connectivity index is 1.33. The van der Waals surface area contributed by atoms with E-state index in [2.05, 4.69) is 0 Å². The van der Waals surface area contributed by atoms with Crippen molar-refractivity contribution in [2.24, 2.45) is 0 Å². The molecule has 0 aliphatic rings. The number of carbonyl (C=O) groups is 2. The summed E-state index contributed by atoms with van der Waals surface area (Å²) >= 11 is 0. The first-order valence-electron chi connectivity index (χ1n) is 17.4. The van der Waals surface area contributed by atoms with E-state index in [1.165, 1.54) is 24.1 Å². The van der Waals surface area contributed by atoms with Crippen LogP contribution in [0.3, 0.4) is 0 Å². The Morgan fingerprint density at radius 3 is 1.85 bits per heavy atom. The van der Waals surface area contributed by atoms with Crippen LogP contribution in [0.15, 0.2) is 157 Å². The lowest BCUT2D eigenvalue weighted by Crippen LogP contribution is -2.41. The van der Waals surface area contributed by atoms with Crippen molar-refractivity contribution in [1.82, 2.24) is 4.31 Å². The van der Waals surface area contributed by atoms with E-state index in [-0.39, 0.29) is 36.0 Å². The maximum atomic E-state index is 14.3. The normalized spacial score (nSPS) is 11.2. The SMILES string of the molecule is Cc1ccc(S(=O)(=O)N(C)CC(=O)N(Cc2ccc(-c3ccc(N)cc3)cc2)c2ccc(C(=O)OCc3ccccc3)c(OCc3ccccc3)c2)cc1. The number of hydrogen-bond donors (Lipinski definition) is 1. The fourth-order valence-electron chi connectivity index (χ4n) is 5.74. The van der Waals surface area contributed by atoms with E-state index >= 15 is 0 Å². The first-order valence-corrected chi connectivity index (χ1v) is 18.8. The number of carbonyl (C=O) groups excluding carboxylic acids is 2. The van der Waals surface area contributed by atoms with Crippen molar-refractivity contribution < 1.29 is 27.5 Å². The minimum atomic E-state index is -3.98. The molecule has 274 valence electrons. The van der Waals surface area contributed by atoms with Crippen LogP contribution in [0.4, 0.5) is 11.4 Å². The number of amides is 1. The average Bonchev–Trinajstić information content (AvgIpc) is 3.19. The second kappa shape index (κ2) is 17.1. The zero-order valence-electron chi connectivity index (χ0n) is 30.1. The van der Waals surface area contributed by atoms with Crippen LogP contribution < -0.4 is 15.4 Å². The molecule has 0 atom stereocenters. The summed E-state index contributed by atoms with van der Waals surface area (Å²) in [5, 5.41) is 0. The van der Waals surface area contributed by atoms with E-state index in [1.54, 1.807) is 30.3 Å². The van der Waals surface area contributed by atoms with Gasteiger partial charge in [0.25, 0.3) is 0 Å². The van der Waals surface area contributed by atoms with E-state index < -0.39 is 28.4 Å². The van der Waals surface area contributed by atoms with Crippen molar-refractivity contribution in [1.29, 1.82) is 0 Å². The Morgan fingerprint density at radius 1 is 0.667 bits per heavy atom. The highest BCUT2D eigenvalue weighted by Gasteiger charge is 2.27. The summed E-state index contributed by atoms with van der Waals surface area (Å²) in [6, 6.07) is 45.5. The van der Waals surface area contributed by atoms with Gasteiger partial charge < -0.3 is 20.1 Å². The molecule has 0 spiro atoms. The Kier molecular flexibility index (Phi) is 11.9. The van der Waals surface area contributed by atoms with Gasteiger partial charge in [0, 0.05) is 24.5 Å². The molecule has 0 saturated heterocycles. The number of likely N-dealkylation sites (N-methyl/N-ethyl adjacent to an activating group) is 1. The van der Waals surface area contributed by atoms with E-state index in [1.807, 2.05) is 116 Å². The van der Waals surface area contributed by atoms with Gasteiger partial charge in [0.05, 0.1) is 18.0 Å². The second-order valence-electron chi connectivity index (χ2n) is 12.9. The van der Waals surface area contributed by atoms with Crippen LogP contribution in [0.2, 0.25) is 0 Å². The molecule has 0 aromatic heterocycles. The topological polar surface area (TPSA) is 119 Å². The molecule has 6 aromatic rings. The molecule has 0 saturated carbocycles. The lowest BCUT2D eigenvalue weighted by atomic mass is 10.0. The summed E-state index contributed by atoms with van der Waals surface area (Å²) in [4.78, 5) is 29.3. The minimum Gasteiger partial charge on any atom is -0.488 e. The third kappa shape index (κ3) is 9.40. The zero-order chi connectivity index (χ0) is 38.1. The molecule has 6 aromatic carbocycles. The van der Waals surface area contributed by atoms with Gasteiger partial charge >= 0.3 is 5.97 Å². The van der Waals surface area contributed by atoms with Crippen LogP contribution in [0.1, 0.15) is 32.6 Å². The van der Waals surface area contributed by atoms with Gasteiger partial charge in [-0.2, -0.15) is 4.31 Å². The molecule has 0 unspecified atom stereocenters. The Hall–Kier alpha value is -6.23. The van der Waals surface area contributed by atoms with Crippen molar-refractivity contribution in [2.75, 3.05) is 24.2 Å². The van der Waals surface area contributed by atoms with Crippen molar-refractivity contribution >= 4 is 33.3 Å². The number of aryl methyl sites for hydroxylation is 1. The summed E-state index contributed by atoms with van der Waals surface area (Å²) in [5.41, 5.74) is 12.5. The van der Waals surface area contributed by atoms with E-state index in [0.717, 1.165) is 37.7 Å². The van der Waals surface area contributed by atoms with Gasteiger partial charge in [-0.05, 0) is 71.1 Å². The van der Waals surface area contributed by atoms with Gasteiger partial charge in [-0.3, -0.25) is 4.79 Å². The van der Waals surface area contributed by atoms with E-state index in [9.17, 15) is 18.0 Å². The molecule has 10 heteroatoms. The van der Waals surface area contributed by atoms with E-state index in [4.69, 9.17) is 15.2 Å². The van der Waals surface area contributed by atoms with Gasteiger partial charge in [0.2, 0.25) is 15.9 Å². The van der Waals surface area contributed by atoms with Gasteiger partial charge in [0.15, 0.2) is 0 Å². The number of esters is 1. The zero-order valence-corrected chi connectivity index (χ0v) is 30.9. The lowest BCUT2D eigenvalue weighted by Gasteiger charge is -2.27. The number of benzene rings is 6. The van der Waals surface area contributed by atoms with Crippen LogP contribution in [-0.2, 0) is 39.3 Å². The molecular formula is C44H41N3O6S. The van der Waals surface area contributed by atoms with Crippen LogP contribution in [0.5, 0.6) is 5.75 Å². The number of nitrogens with zero attached hydrogens (tertiary/aromatic N) is 2. The lowest BCUT2D eigenvalue weighted by molar-refractivity contribution is -0.118. The van der Waals surface area contributed by atoms with Crippen LogP contribution in [-0.4, -0.2) is 38.2 Å². The van der Waals surface area contributed by atoms with Gasteiger partial charge in [-0.1, -0.05) is 115 Å². The molecule has 0 aliphatic carbocycles. The highest BCUT2D eigenvalue weighted by molar-refractivity contribution is 7.89. The fraction of sp³-hybridized carbons (Fsp3) is 0.136. The van der Waals surface area contributed by atoms with Crippen LogP contribution >= 0.6 is 0 Å².